The lowest BCUT2D eigenvalue weighted by molar-refractivity contribution is 0.363. The van der Waals surface area contributed by atoms with E-state index in [1.165, 1.54) is 50.1 Å². The molecule has 1 heterocycles. The molecule has 0 aliphatic heterocycles. The molecule has 1 aromatic rings. The predicted molar refractivity (Wildman–Crippen MR) is 82.4 cm³/mol. The van der Waals surface area contributed by atoms with E-state index in [4.69, 9.17) is 0 Å². The van der Waals surface area contributed by atoms with E-state index in [9.17, 15) is 4.39 Å². The van der Waals surface area contributed by atoms with Gasteiger partial charge in [-0.1, -0.05) is 59.3 Å². The van der Waals surface area contributed by atoms with Gasteiger partial charge in [-0.05, 0) is 31.3 Å². The fourth-order valence-corrected chi connectivity index (χ4v) is 3.56. The van der Waals surface area contributed by atoms with E-state index >= 15 is 0 Å². The highest BCUT2D eigenvalue weighted by atomic mass is 32.1. The monoisotopic (exact) mass is 285 g/mol. The van der Waals surface area contributed by atoms with Crippen LogP contribution in [0.25, 0.3) is 0 Å². The first-order chi connectivity index (χ1) is 9.05. The van der Waals surface area contributed by atoms with Gasteiger partial charge in [-0.3, -0.25) is 0 Å². The van der Waals surface area contributed by atoms with Gasteiger partial charge in [0, 0.05) is 5.41 Å². The van der Waals surface area contributed by atoms with Gasteiger partial charge in [0.2, 0.25) is 0 Å². The van der Waals surface area contributed by atoms with Crippen LogP contribution in [0, 0.1) is 12.7 Å². The Labute approximate surface area is 121 Å². The molecule has 0 saturated heterocycles. The molecule has 0 fully saturated rings. The van der Waals surface area contributed by atoms with Gasteiger partial charge >= 0.3 is 0 Å². The molecule has 110 valence electrons. The van der Waals surface area contributed by atoms with Gasteiger partial charge in [-0.15, -0.1) is 0 Å². The summed E-state index contributed by atoms with van der Waals surface area (Å²) in [6.07, 6.45) is 9.50. The Kier molecular flexibility index (Phi) is 6.98. The highest BCUT2D eigenvalue weighted by molar-refractivity contribution is 7.06. The summed E-state index contributed by atoms with van der Waals surface area (Å²) >= 11 is 1.37. The normalized spacial score (nSPS) is 14.6. The molecule has 1 unspecified atom stereocenters. The summed E-state index contributed by atoms with van der Waals surface area (Å²) in [7, 11) is 0. The van der Waals surface area contributed by atoms with Crippen molar-refractivity contribution < 1.29 is 4.39 Å². The molecule has 0 amide bonds. The van der Waals surface area contributed by atoms with Crippen LogP contribution in [0.3, 0.4) is 0 Å². The van der Waals surface area contributed by atoms with E-state index in [2.05, 4.69) is 25.1 Å². The second-order valence-corrected chi connectivity index (χ2v) is 6.66. The molecule has 1 aromatic heterocycles. The molecule has 0 radical (unpaired) electrons. The summed E-state index contributed by atoms with van der Waals surface area (Å²) in [5, 5.41) is 0. The van der Waals surface area contributed by atoms with Crippen LogP contribution in [-0.4, -0.2) is 4.37 Å². The zero-order valence-electron chi connectivity index (χ0n) is 12.9. The van der Waals surface area contributed by atoms with Crippen molar-refractivity contribution in [1.29, 1.82) is 0 Å². The Morgan fingerprint density at radius 1 is 1.05 bits per heavy atom. The molecule has 0 N–H and O–H groups in total. The molecular weight excluding hydrogens is 257 g/mol. The quantitative estimate of drug-likeness (QED) is 0.506. The molecule has 3 heteroatoms. The van der Waals surface area contributed by atoms with Crippen LogP contribution >= 0.6 is 11.5 Å². The molecule has 19 heavy (non-hydrogen) atoms. The molecule has 0 saturated carbocycles. The topological polar surface area (TPSA) is 12.9 Å². The summed E-state index contributed by atoms with van der Waals surface area (Å²) in [5.74, 6) is -0.0564. The summed E-state index contributed by atoms with van der Waals surface area (Å²) in [6, 6.07) is 0. The molecule has 0 aliphatic carbocycles. The Bertz CT molecular complexity index is 375. The van der Waals surface area contributed by atoms with Gasteiger partial charge in [0.15, 0.2) is 5.82 Å². The second-order valence-electron chi connectivity index (χ2n) is 5.89. The fourth-order valence-electron chi connectivity index (χ4n) is 2.59. The van der Waals surface area contributed by atoms with Crippen LogP contribution in [0.2, 0.25) is 0 Å². The van der Waals surface area contributed by atoms with Crippen molar-refractivity contribution in [3.05, 3.63) is 16.4 Å². The average Bonchev–Trinajstić information content (AvgIpc) is 2.73. The van der Waals surface area contributed by atoms with Gasteiger partial charge in [-0.25, -0.2) is 4.39 Å². The third-order valence-corrected chi connectivity index (χ3v) is 5.22. The van der Waals surface area contributed by atoms with E-state index in [-0.39, 0.29) is 11.2 Å². The van der Waals surface area contributed by atoms with E-state index in [1.807, 2.05) is 0 Å². The lowest BCUT2D eigenvalue weighted by Crippen LogP contribution is -2.22. The van der Waals surface area contributed by atoms with Crippen LogP contribution < -0.4 is 0 Å². The zero-order valence-corrected chi connectivity index (χ0v) is 13.7. The summed E-state index contributed by atoms with van der Waals surface area (Å²) < 4.78 is 18.4. The summed E-state index contributed by atoms with van der Waals surface area (Å²) in [4.78, 5) is 0.884. The smallest absolute Gasteiger partial charge is 0.160 e. The number of hydrogen-bond donors (Lipinski definition) is 0. The molecule has 1 atom stereocenters. The standard InChI is InChI=1S/C16H28FNS/c1-5-7-9-10-12-16(4,11-8-6-2)15-14(17)13(3)18-19-15/h5-12H2,1-4H3. The SMILES string of the molecule is CCCCCCC(C)(CCCC)c1snc(C)c1F. The Hall–Kier alpha value is -0.440. The Balaban J connectivity index is 2.77. The first-order valence-electron chi connectivity index (χ1n) is 7.67. The molecule has 1 nitrogen and oxygen atoms in total. The average molecular weight is 285 g/mol. The van der Waals surface area contributed by atoms with Gasteiger partial charge in [-0.2, -0.15) is 4.37 Å². The molecule has 0 aliphatic rings. The number of aromatic nitrogens is 1. The summed E-state index contributed by atoms with van der Waals surface area (Å²) in [5.41, 5.74) is 0.552. The Morgan fingerprint density at radius 3 is 2.21 bits per heavy atom. The van der Waals surface area contributed by atoms with Crippen LogP contribution in [0.1, 0.15) is 82.7 Å². The molecule has 0 aromatic carbocycles. The molecular formula is C16H28FNS. The number of halogens is 1. The van der Waals surface area contributed by atoms with Crippen LogP contribution in [0.4, 0.5) is 4.39 Å². The van der Waals surface area contributed by atoms with Crippen LogP contribution in [0.15, 0.2) is 0 Å². The van der Waals surface area contributed by atoms with Crippen molar-refractivity contribution >= 4 is 11.5 Å². The number of rotatable bonds is 9. The Morgan fingerprint density at radius 2 is 1.68 bits per heavy atom. The minimum absolute atomic E-state index is 0.0141. The van der Waals surface area contributed by atoms with E-state index < -0.39 is 0 Å². The van der Waals surface area contributed by atoms with Gasteiger partial charge in [0.1, 0.15) is 0 Å². The van der Waals surface area contributed by atoms with E-state index in [0.717, 1.165) is 17.7 Å². The number of nitrogens with zero attached hydrogens (tertiary/aromatic N) is 1. The van der Waals surface area contributed by atoms with Crippen LogP contribution in [-0.2, 0) is 5.41 Å². The number of aryl methyl sites for hydroxylation is 1. The van der Waals surface area contributed by atoms with Gasteiger partial charge in [0.25, 0.3) is 0 Å². The zero-order chi connectivity index (χ0) is 14.3. The highest BCUT2D eigenvalue weighted by Crippen LogP contribution is 2.39. The summed E-state index contributed by atoms with van der Waals surface area (Å²) in [6.45, 7) is 8.42. The minimum Gasteiger partial charge on any atom is -0.204 e. The first kappa shape index (κ1) is 16.6. The third kappa shape index (κ3) is 4.55. The van der Waals surface area contributed by atoms with Crippen molar-refractivity contribution in [3.8, 4) is 0 Å². The maximum absolute atomic E-state index is 14.2. The molecule has 0 bridgehead atoms. The van der Waals surface area contributed by atoms with Crippen LogP contribution in [0.5, 0.6) is 0 Å². The maximum Gasteiger partial charge on any atom is 0.160 e. The van der Waals surface area contributed by atoms with Crippen molar-refractivity contribution in [3.63, 3.8) is 0 Å². The largest absolute Gasteiger partial charge is 0.204 e. The van der Waals surface area contributed by atoms with E-state index in [1.54, 1.807) is 6.92 Å². The van der Waals surface area contributed by atoms with Gasteiger partial charge in [0.05, 0.1) is 10.6 Å². The minimum atomic E-state index is -0.0564. The lowest BCUT2D eigenvalue weighted by Gasteiger charge is -2.28. The van der Waals surface area contributed by atoms with Crippen molar-refractivity contribution in [1.82, 2.24) is 4.37 Å². The second kappa shape index (κ2) is 7.98. The number of hydrogen-bond acceptors (Lipinski definition) is 2. The predicted octanol–water partition coefficient (Wildman–Crippen LogP) is 6.01. The maximum atomic E-state index is 14.2. The molecule has 0 spiro atoms. The van der Waals surface area contributed by atoms with Crippen molar-refractivity contribution in [2.24, 2.45) is 0 Å². The van der Waals surface area contributed by atoms with Crippen molar-refractivity contribution in [2.45, 2.75) is 84.5 Å². The van der Waals surface area contributed by atoms with E-state index in [0.29, 0.717) is 5.69 Å². The highest BCUT2D eigenvalue weighted by Gasteiger charge is 2.31. The third-order valence-electron chi connectivity index (χ3n) is 4.00. The number of unbranched alkanes of at least 4 members (excludes halogenated alkanes) is 4. The first-order valence-corrected chi connectivity index (χ1v) is 8.44. The fraction of sp³-hybridized carbons (Fsp3) is 0.812. The van der Waals surface area contributed by atoms with Gasteiger partial charge < -0.3 is 0 Å². The van der Waals surface area contributed by atoms with Crippen molar-refractivity contribution in [2.75, 3.05) is 0 Å². The lowest BCUT2D eigenvalue weighted by atomic mass is 9.78. The molecule has 1 rings (SSSR count).